The minimum atomic E-state index is -0.237. The maximum absolute atomic E-state index is 13.5. The van der Waals surface area contributed by atoms with Gasteiger partial charge >= 0.3 is 0 Å². The van der Waals surface area contributed by atoms with Crippen LogP contribution in [0.2, 0.25) is 0 Å². The summed E-state index contributed by atoms with van der Waals surface area (Å²) in [6.45, 7) is 3.16. The van der Waals surface area contributed by atoms with Crippen LogP contribution in [0.25, 0.3) is 17.2 Å². The number of nitrogens with one attached hydrogen (secondary N) is 1. The Morgan fingerprint density at radius 2 is 2.00 bits per heavy atom. The molecule has 1 N–H and O–H groups in total. The zero-order valence-electron chi connectivity index (χ0n) is 17.4. The third-order valence-corrected chi connectivity index (χ3v) is 7.65. The molecule has 1 aromatic carbocycles. The van der Waals surface area contributed by atoms with E-state index in [0.717, 1.165) is 35.7 Å². The molecular formula is C26H29FN2O. The Bertz CT molecular complexity index is 954. The number of hydrogen-bond donors (Lipinski definition) is 1. The largest absolute Gasteiger partial charge is 0.356 e. The summed E-state index contributed by atoms with van der Waals surface area (Å²) >= 11 is 0. The van der Waals surface area contributed by atoms with Crippen LogP contribution in [0.1, 0.15) is 38.3 Å². The van der Waals surface area contributed by atoms with E-state index in [4.69, 9.17) is 0 Å². The summed E-state index contributed by atoms with van der Waals surface area (Å²) in [4.78, 5) is 17.0. The minimum Gasteiger partial charge on any atom is -0.356 e. The Balaban J connectivity index is 1.37. The van der Waals surface area contributed by atoms with Gasteiger partial charge < -0.3 is 5.32 Å². The molecular weight excluding hydrogens is 375 g/mol. The lowest BCUT2D eigenvalue weighted by Gasteiger charge is -2.47. The molecule has 30 heavy (non-hydrogen) atoms. The second-order valence-corrected chi connectivity index (χ2v) is 9.51. The number of fused-ring (bicyclic) bond motifs is 2. The third kappa shape index (κ3) is 3.68. The van der Waals surface area contributed by atoms with Crippen LogP contribution in [-0.4, -0.2) is 17.4 Å². The number of rotatable bonds is 3. The predicted molar refractivity (Wildman–Crippen MR) is 117 cm³/mol. The van der Waals surface area contributed by atoms with E-state index >= 15 is 0 Å². The SMILES string of the molecule is C[C@@H]1CC[C@@H]2[C@@H](C1)C[C@H]1C(=O)NC[C@H]1[C@H]2/C=C/c1ccc(-c2cccc(F)c2)cn1. The molecule has 2 aliphatic carbocycles. The molecule has 4 heteroatoms. The van der Waals surface area contributed by atoms with Gasteiger partial charge in [0.05, 0.1) is 5.69 Å². The highest BCUT2D eigenvalue weighted by atomic mass is 19.1. The van der Waals surface area contributed by atoms with Crippen molar-refractivity contribution in [2.24, 2.45) is 35.5 Å². The molecule has 2 aromatic rings. The maximum atomic E-state index is 13.5. The van der Waals surface area contributed by atoms with Crippen molar-refractivity contribution in [2.75, 3.05) is 6.54 Å². The van der Waals surface area contributed by atoms with Crippen molar-refractivity contribution < 1.29 is 9.18 Å². The fourth-order valence-corrected chi connectivity index (χ4v) is 6.15. The molecule has 2 heterocycles. The second-order valence-electron chi connectivity index (χ2n) is 9.51. The number of carbonyl (C=O) groups excluding carboxylic acids is 1. The Labute approximate surface area is 177 Å². The standard InChI is InChI=1S/C26H29FN2O/c1-16-5-9-22-19(11-16)13-24-25(15-29-26(24)30)23(22)10-8-21-7-6-18(14-28-21)17-3-2-4-20(27)12-17/h2-4,6-8,10,12,14,16,19,22-25H,5,9,11,13,15H2,1H3,(H,29,30)/b10-8+/t16-,19+,22-,23+,24-,25+/m1/s1. The number of carbonyl (C=O) groups is 1. The van der Waals surface area contributed by atoms with Gasteiger partial charge in [0.25, 0.3) is 0 Å². The topological polar surface area (TPSA) is 42.0 Å². The Morgan fingerprint density at radius 3 is 2.80 bits per heavy atom. The van der Waals surface area contributed by atoms with Gasteiger partial charge in [0.15, 0.2) is 0 Å². The zero-order valence-corrected chi connectivity index (χ0v) is 17.4. The number of allylic oxidation sites excluding steroid dienone is 1. The first-order chi connectivity index (χ1) is 14.6. The van der Waals surface area contributed by atoms with E-state index in [0.29, 0.717) is 23.7 Å². The van der Waals surface area contributed by atoms with Gasteiger partial charge in [-0.3, -0.25) is 9.78 Å². The van der Waals surface area contributed by atoms with E-state index < -0.39 is 0 Å². The average Bonchev–Trinajstić information content (AvgIpc) is 3.12. The van der Waals surface area contributed by atoms with Crippen molar-refractivity contribution in [1.82, 2.24) is 10.3 Å². The van der Waals surface area contributed by atoms with Crippen LogP contribution in [0.4, 0.5) is 4.39 Å². The molecule has 2 saturated carbocycles. The molecule has 0 unspecified atom stereocenters. The molecule has 1 saturated heterocycles. The first kappa shape index (κ1) is 19.5. The van der Waals surface area contributed by atoms with Crippen LogP contribution in [0, 0.1) is 41.3 Å². The molecule has 0 radical (unpaired) electrons. The van der Waals surface area contributed by atoms with E-state index in [1.165, 1.54) is 31.4 Å². The minimum absolute atomic E-state index is 0.175. The number of benzene rings is 1. The molecule has 3 aliphatic rings. The van der Waals surface area contributed by atoms with Gasteiger partial charge in [-0.25, -0.2) is 4.39 Å². The van der Waals surface area contributed by atoms with Crippen LogP contribution in [0.15, 0.2) is 48.7 Å². The first-order valence-corrected chi connectivity index (χ1v) is 11.3. The summed E-state index contributed by atoms with van der Waals surface area (Å²) < 4.78 is 13.5. The summed E-state index contributed by atoms with van der Waals surface area (Å²) in [6.07, 6.45) is 11.1. The van der Waals surface area contributed by atoms with Crippen LogP contribution < -0.4 is 5.32 Å². The van der Waals surface area contributed by atoms with Gasteiger partial charge in [-0.2, -0.15) is 0 Å². The molecule has 1 aliphatic heterocycles. The molecule has 3 nitrogen and oxygen atoms in total. The number of pyridine rings is 1. The van der Waals surface area contributed by atoms with Crippen molar-refractivity contribution in [3.05, 3.63) is 60.2 Å². The van der Waals surface area contributed by atoms with Crippen molar-refractivity contribution in [3.63, 3.8) is 0 Å². The predicted octanol–water partition coefficient (Wildman–Crippen LogP) is 5.34. The van der Waals surface area contributed by atoms with Crippen LogP contribution in [0.3, 0.4) is 0 Å². The van der Waals surface area contributed by atoms with E-state index in [9.17, 15) is 9.18 Å². The molecule has 3 fully saturated rings. The van der Waals surface area contributed by atoms with Gasteiger partial charge in [-0.1, -0.05) is 37.6 Å². The van der Waals surface area contributed by atoms with Crippen LogP contribution >= 0.6 is 0 Å². The molecule has 0 bridgehead atoms. The van der Waals surface area contributed by atoms with Gasteiger partial charge in [0.2, 0.25) is 5.91 Å². The summed E-state index contributed by atoms with van der Waals surface area (Å²) in [5.74, 6) is 3.16. The molecule has 1 aromatic heterocycles. The quantitative estimate of drug-likeness (QED) is 0.751. The fourth-order valence-electron chi connectivity index (χ4n) is 6.15. The average molecular weight is 405 g/mol. The molecule has 156 valence electrons. The zero-order chi connectivity index (χ0) is 20.7. The Kier molecular flexibility index (Phi) is 5.18. The first-order valence-electron chi connectivity index (χ1n) is 11.3. The number of hydrogen-bond acceptors (Lipinski definition) is 2. The van der Waals surface area contributed by atoms with E-state index in [1.54, 1.807) is 6.07 Å². The summed E-state index contributed by atoms with van der Waals surface area (Å²) in [6, 6.07) is 10.6. The molecule has 1 amide bonds. The normalized spacial score (nSPS) is 33.2. The van der Waals surface area contributed by atoms with E-state index in [-0.39, 0.29) is 17.6 Å². The Morgan fingerprint density at radius 1 is 1.10 bits per heavy atom. The van der Waals surface area contributed by atoms with Gasteiger partial charge in [0, 0.05) is 24.2 Å². The highest BCUT2D eigenvalue weighted by Crippen LogP contribution is 2.51. The number of halogens is 1. The lowest BCUT2D eigenvalue weighted by atomic mass is 9.57. The fraction of sp³-hybridized carbons (Fsp3) is 0.462. The lowest BCUT2D eigenvalue weighted by molar-refractivity contribution is -0.125. The van der Waals surface area contributed by atoms with Crippen molar-refractivity contribution in [1.29, 1.82) is 0 Å². The second kappa shape index (κ2) is 7.98. The highest BCUT2D eigenvalue weighted by Gasteiger charge is 2.49. The molecule has 6 atom stereocenters. The number of nitrogens with zero attached hydrogens (tertiary/aromatic N) is 1. The summed E-state index contributed by atoms with van der Waals surface area (Å²) in [5.41, 5.74) is 2.66. The summed E-state index contributed by atoms with van der Waals surface area (Å²) in [5, 5.41) is 3.12. The Hall–Kier alpha value is -2.49. The van der Waals surface area contributed by atoms with Crippen molar-refractivity contribution in [3.8, 4) is 11.1 Å². The molecule has 0 spiro atoms. The smallest absolute Gasteiger partial charge is 0.223 e. The monoisotopic (exact) mass is 404 g/mol. The van der Waals surface area contributed by atoms with Crippen LogP contribution in [0.5, 0.6) is 0 Å². The van der Waals surface area contributed by atoms with E-state index in [1.807, 2.05) is 24.4 Å². The molecule has 5 rings (SSSR count). The number of amides is 1. The highest BCUT2D eigenvalue weighted by molar-refractivity contribution is 5.81. The van der Waals surface area contributed by atoms with Crippen molar-refractivity contribution >= 4 is 12.0 Å². The summed E-state index contributed by atoms with van der Waals surface area (Å²) in [7, 11) is 0. The van der Waals surface area contributed by atoms with E-state index in [2.05, 4.69) is 29.4 Å². The van der Waals surface area contributed by atoms with Crippen LogP contribution in [-0.2, 0) is 4.79 Å². The number of aromatic nitrogens is 1. The lowest BCUT2D eigenvalue weighted by Crippen LogP contribution is -2.42. The van der Waals surface area contributed by atoms with Crippen molar-refractivity contribution in [2.45, 2.75) is 32.6 Å². The van der Waals surface area contributed by atoms with Gasteiger partial charge in [-0.05, 0) is 78.7 Å². The third-order valence-electron chi connectivity index (χ3n) is 7.65. The van der Waals surface area contributed by atoms with Gasteiger partial charge in [0.1, 0.15) is 5.82 Å². The maximum Gasteiger partial charge on any atom is 0.223 e. The van der Waals surface area contributed by atoms with Gasteiger partial charge in [-0.15, -0.1) is 0 Å².